The Morgan fingerprint density at radius 2 is 2.04 bits per heavy atom. The number of thiophene rings is 1. The predicted molar refractivity (Wildman–Crippen MR) is 91.6 cm³/mol. The fourth-order valence-corrected chi connectivity index (χ4v) is 6.14. The van der Waals surface area contributed by atoms with Crippen LogP contribution in [0.4, 0.5) is 0 Å². The van der Waals surface area contributed by atoms with Gasteiger partial charge in [0.1, 0.15) is 9.96 Å². The van der Waals surface area contributed by atoms with E-state index in [-0.39, 0.29) is 10.1 Å². The average molecular weight is 372 g/mol. The number of primary sulfonamides is 1. The molecule has 8 heteroatoms. The van der Waals surface area contributed by atoms with Crippen molar-refractivity contribution in [2.45, 2.75) is 20.9 Å². The van der Waals surface area contributed by atoms with Crippen molar-refractivity contribution in [1.29, 1.82) is 0 Å². The predicted octanol–water partition coefficient (Wildman–Crippen LogP) is 2.40. The highest BCUT2D eigenvalue weighted by Gasteiger charge is 2.32. The number of aliphatic hydroxyl groups is 1. The van der Waals surface area contributed by atoms with Crippen molar-refractivity contribution in [2.24, 2.45) is 11.1 Å². The van der Waals surface area contributed by atoms with Crippen LogP contribution in [0.15, 0.2) is 38.8 Å². The summed E-state index contributed by atoms with van der Waals surface area (Å²) in [5.74, 6) is 1.57. The van der Waals surface area contributed by atoms with Crippen LogP contribution >= 0.6 is 23.1 Å². The van der Waals surface area contributed by atoms with Gasteiger partial charge < -0.3 is 9.84 Å². The zero-order valence-electron chi connectivity index (χ0n) is 12.4. The third kappa shape index (κ3) is 3.56. The maximum atomic E-state index is 11.5. The number of sulfonamides is 1. The molecule has 2 unspecified atom stereocenters. The summed E-state index contributed by atoms with van der Waals surface area (Å²) >= 11 is 2.71. The van der Waals surface area contributed by atoms with Gasteiger partial charge in [-0.25, -0.2) is 13.6 Å². The third-order valence-electron chi connectivity index (χ3n) is 3.83. The standard InChI is InChI=1S/C15H17NO4S3/c1-20-11-4-2-9(3-5-11)6-10-8-21-15-12(14(10)17)7-13(22-15)23(16,18)19/h2-5,7,10,14,17H,6,8H2,1H3,(H2,16,18,19). The molecule has 1 aliphatic heterocycles. The van der Waals surface area contributed by atoms with Crippen molar-refractivity contribution in [3.05, 3.63) is 41.5 Å². The van der Waals surface area contributed by atoms with Crippen LogP contribution in [-0.2, 0) is 16.4 Å². The number of rotatable bonds is 4. The van der Waals surface area contributed by atoms with Crippen molar-refractivity contribution in [3.63, 3.8) is 0 Å². The SMILES string of the molecule is COc1ccc(CC2CSc3sc(S(N)(=O)=O)cc3C2O)cc1. The second-order valence-corrected chi connectivity index (χ2v) is 9.55. The Morgan fingerprint density at radius 3 is 2.65 bits per heavy atom. The number of nitrogens with two attached hydrogens (primary N) is 1. The largest absolute Gasteiger partial charge is 0.497 e. The number of thioether (sulfide) groups is 1. The molecule has 2 aromatic rings. The molecule has 1 aliphatic rings. The van der Waals surface area contributed by atoms with E-state index in [1.165, 1.54) is 6.07 Å². The first-order valence-electron chi connectivity index (χ1n) is 6.99. The van der Waals surface area contributed by atoms with E-state index in [0.29, 0.717) is 5.56 Å². The van der Waals surface area contributed by atoms with E-state index < -0.39 is 16.1 Å². The molecule has 124 valence electrons. The van der Waals surface area contributed by atoms with Crippen LogP contribution < -0.4 is 9.88 Å². The summed E-state index contributed by atoms with van der Waals surface area (Å²) < 4.78 is 29.0. The lowest BCUT2D eigenvalue weighted by atomic mass is 9.92. The second kappa shape index (κ2) is 6.45. The van der Waals surface area contributed by atoms with E-state index in [2.05, 4.69) is 0 Å². The molecule has 2 atom stereocenters. The number of methoxy groups -OCH3 is 1. The Balaban J connectivity index is 1.80. The number of hydrogen-bond acceptors (Lipinski definition) is 6. The minimum absolute atomic E-state index is 0.0313. The van der Waals surface area contributed by atoms with Gasteiger partial charge in [-0.3, -0.25) is 0 Å². The van der Waals surface area contributed by atoms with Crippen LogP contribution in [0.5, 0.6) is 5.75 Å². The Kier molecular flexibility index (Phi) is 4.70. The molecule has 2 heterocycles. The summed E-state index contributed by atoms with van der Waals surface area (Å²) in [7, 11) is -2.10. The molecule has 0 amide bonds. The molecular weight excluding hydrogens is 354 g/mol. The summed E-state index contributed by atoms with van der Waals surface area (Å²) in [6, 6.07) is 9.26. The van der Waals surface area contributed by atoms with Gasteiger partial charge in [-0.2, -0.15) is 0 Å². The highest BCUT2D eigenvalue weighted by molar-refractivity contribution is 8.01. The summed E-state index contributed by atoms with van der Waals surface area (Å²) in [5, 5.41) is 15.8. The number of hydrogen-bond donors (Lipinski definition) is 2. The topological polar surface area (TPSA) is 89.6 Å². The first kappa shape index (κ1) is 16.8. The van der Waals surface area contributed by atoms with Crippen molar-refractivity contribution < 1.29 is 18.3 Å². The number of aliphatic hydroxyl groups excluding tert-OH is 1. The fraction of sp³-hybridized carbons (Fsp3) is 0.333. The van der Waals surface area contributed by atoms with E-state index in [0.717, 1.165) is 39.0 Å². The smallest absolute Gasteiger partial charge is 0.247 e. The van der Waals surface area contributed by atoms with Gasteiger partial charge in [0.15, 0.2) is 0 Å². The molecule has 0 aliphatic carbocycles. The normalized spacial score (nSPS) is 21.0. The molecule has 0 saturated carbocycles. The summed E-state index contributed by atoms with van der Waals surface area (Å²) in [5.41, 5.74) is 1.79. The molecule has 0 spiro atoms. The molecule has 3 N–H and O–H groups in total. The Hall–Kier alpha value is -1.06. The first-order valence-corrected chi connectivity index (χ1v) is 10.3. The lowest BCUT2D eigenvalue weighted by Crippen LogP contribution is -2.21. The van der Waals surface area contributed by atoms with Crippen molar-refractivity contribution in [3.8, 4) is 5.75 Å². The molecule has 1 aromatic carbocycles. The van der Waals surface area contributed by atoms with Crippen molar-refractivity contribution in [2.75, 3.05) is 12.9 Å². The first-order chi connectivity index (χ1) is 10.9. The van der Waals surface area contributed by atoms with Crippen LogP contribution in [0.3, 0.4) is 0 Å². The Morgan fingerprint density at radius 1 is 1.35 bits per heavy atom. The van der Waals surface area contributed by atoms with E-state index in [1.807, 2.05) is 24.3 Å². The van der Waals surface area contributed by atoms with Gasteiger partial charge in [0.25, 0.3) is 0 Å². The number of benzene rings is 1. The quantitative estimate of drug-likeness (QED) is 0.861. The molecule has 23 heavy (non-hydrogen) atoms. The lowest BCUT2D eigenvalue weighted by Gasteiger charge is -2.27. The van der Waals surface area contributed by atoms with E-state index in [1.54, 1.807) is 18.9 Å². The minimum Gasteiger partial charge on any atom is -0.497 e. The molecule has 1 aromatic heterocycles. The van der Waals surface area contributed by atoms with Crippen LogP contribution in [0, 0.1) is 5.92 Å². The van der Waals surface area contributed by atoms with Crippen LogP contribution in [-0.4, -0.2) is 26.4 Å². The molecule has 0 saturated heterocycles. The van der Waals surface area contributed by atoms with Gasteiger partial charge in [-0.1, -0.05) is 12.1 Å². The minimum atomic E-state index is -3.72. The highest BCUT2D eigenvalue weighted by atomic mass is 32.3. The molecule has 0 radical (unpaired) electrons. The van der Waals surface area contributed by atoms with Gasteiger partial charge in [0.05, 0.1) is 17.4 Å². The molecule has 0 fully saturated rings. The second-order valence-electron chi connectivity index (χ2n) is 5.42. The summed E-state index contributed by atoms with van der Waals surface area (Å²) in [4.78, 5) is 0. The zero-order chi connectivity index (χ0) is 16.6. The van der Waals surface area contributed by atoms with Gasteiger partial charge in [-0.15, -0.1) is 23.1 Å². The van der Waals surface area contributed by atoms with Crippen LogP contribution in [0.2, 0.25) is 0 Å². The van der Waals surface area contributed by atoms with Gasteiger partial charge in [0, 0.05) is 17.2 Å². The fourth-order valence-electron chi connectivity index (χ4n) is 2.59. The van der Waals surface area contributed by atoms with Crippen molar-refractivity contribution >= 4 is 33.1 Å². The third-order valence-corrected chi connectivity index (χ3v) is 7.90. The summed E-state index contributed by atoms with van der Waals surface area (Å²) in [6.45, 7) is 0. The summed E-state index contributed by atoms with van der Waals surface area (Å²) in [6.07, 6.45) is 0.0399. The van der Waals surface area contributed by atoms with Crippen LogP contribution in [0.1, 0.15) is 17.2 Å². The molecular formula is C15H17NO4S3. The van der Waals surface area contributed by atoms with Gasteiger partial charge >= 0.3 is 0 Å². The molecule has 3 rings (SSSR count). The number of fused-ring (bicyclic) bond motifs is 1. The van der Waals surface area contributed by atoms with E-state index in [4.69, 9.17) is 9.88 Å². The monoisotopic (exact) mass is 371 g/mol. The Bertz CT molecular complexity index is 799. The zero-order valence-corrected chi connectivity index (χ0v) is 14.9. The van der Waals surface area contributed by atoms with Gasteiger partial charge in [0.2, 0.25) is 10.0 Å². The van der Waals surface area contributed by atoms with E-state index in [9.17, 15) is 13.5 Å². The molecule has 0 bridgehead atoms. The van der Waals surface area contributed by atoms with Gasteiger partial charge in [-0.05, 0) is 30.2 Å². The number of ether oxygens (including phenoxy) is 1. The lowest BCUT2D eigenvalue weighted by molar-refractivity contribution is 0.116. The Labute approximate surface area is 143 Å². The van der Waals surface area contributed by atoms with Crippen LogP contribution in [0.25, 0.3) is 0 Å². The van der Waals surface area contributed by atoms with E-state index >= 15 is 0 Å². The average Bonchev–Trinajstić information content (AvgIpc) is 2.96. The maximum absolute atomic E-state index is 11.5. The molecule has 5 nitrogen and oxygen atoms in total. The maximum Gasteiger partial charge on any atom is 0.247 e. The van der Waals surface area contributed by atoms with Crippen molar-refractivity contribution in [1.82, 2.24) is 0 Å². The highest BCUT2D eigenvalue weighted by Crippen LogP contribution is 2.46.